The van der Waals surface area contributed by atoms with E-state index in [1.165, 1.54) is 10.9 Å². The molecule has 0 aliphatic carbocycles. The molecule has 1 saturated heterocycles. The zero-order chi connectivity index (χ0) is 39.4. The third-order valence-corrected chi connectivity index (χ3v) is 9.44. The van der Waals surface area contributed by atoms with Crippen molar-refractivity contribution in [1.82, 2.24) is 29.2 Å². The fourth-order valence-electron chi connectivity index (χ4n) is 6.34. The van der Waals surface area contributed by atoms with Crippen LogP contribution >= 0.6 is 0 Å². The minimum Gasteiger partial charge on any atom is -0.481 e. The number of ketones is 1. The first-order valence-electron chi connectivity index (χ1n) is 19.8. The first-order valence-corrected chi connectivity index (χ1v) is 19.8. The van der Waals surface area contributed by atoms with Gasteiger partial charge in [0.15, 0.2) is 11.5 Å². The Bertz CT molecular complexity index is 1840. The van der Waals surface area contributed by atoms with Crippen molar-refractivity contribution in [3.05, 3.63) is 71.7 Å². The van der Waals surface area contributed by atoms with Crippen molar-refractivity contribution < 1.29 is 28.5 Å². The van der Waals surface area contributed by atoms with Gasteiger partial charge in [-0.2, -0.15) is 9.97 Å². The normalized spacial score (nSPS) is 13.4. The maximum Gasteiger partial charge on any atom is 0.278 e. The van der Waals surface area contributed by atoms with Crippen LogP contribution in [-0.2, 0) is 30.3 Å². The third-order valence-electron chi connectivity index (χ3n) is 9.44. The minimum atomic E-state index is -0.233. The van der Waals surface area contributed by atoms with Gasteiger partial charge < -0.3 is 33.9 Å². The second-order valence-corrected chi connectivity index (χ2v) is 13.5. The summed E-state index contributed by atoms with van der Waals surface area (Å²) in [6, 6.07) is 13.6. The lowest BCUT2D eigenvalue weighted by Crippen LogP contribution is -2.46. The van der Waals surface area contributed by atoms with Gasteiger partial charge in [-0.3, -0.25) is 14.5 Å². The van der Waals surface area contributed by atoms with E-state index in [9.17, 15) is 9.59 Å². The molecule has 1 aromatic carbocycles. The van der Waals surface area contributed by atoms with E-state index < -0.39 is 0 Å². The van der Waals surface area contributed by atoms with Gasteiger partial charge in [0.05, 0.1) is 59.9 Å². The predicted molar refractivity (Wildman–Crippen MR) is 218 cm³/mol. The number of carbonyl (C=O) groups is 1. The number of pyridine rings is 1. The molecular formula is C41H58N8O7. The smallest absolute Gasteiger partial charge is 0.278 e. The van der Waals surface area contributed by atoms with Gasteiger partial charge in [0.25, 0.3) is 5.56 Å². The van der Waals surface area contributed by atoms with Gasteiger partial charge in [0.2, 0.25) is 11.8 Å². The molecule has 0 bridgehead atoms. The van der Waals surface area contributed by atoms with Crippen LogP contribution in [0.25, 0.3) is 16.9 Å². The van der Waals surface area contributed by atoms with E-state index in [0.29, 0.717) is 87.8 Å². The maximum atomic E-state index is 13.2. The predicted octanol–water partition coefficient (Wildman–Crippen LogP) is 5.03. The lowest BCUT2D eigenvalue weighted by molar-refractivity contribution is -0.120. The second-order valence-electron chi connectivity index (χ2n) is 13.5. The first-order chi connectivity index (χ1) is 27.5. The molecule has 1 aliphatic rings. The summed E-state index contributed by atoms with van der Waals surface area (Å²) >= 11 is 0. The molecule has 3 aromatic heterocycles. The van der Waals surface area contributed by atoms with E-state index >= 15 is 0 Å². The fraction of sp³-hybridized carbons (Fsp3) is 0.537. The van der Waals surface area contributed by atoms with Gasteiger partial charge >= 0.3 is 0 Å². The van der Waals surface area contributed by atoms with Crippen molar-refractivity contribution in [3.63, 3.8) is 0 Å². The third kappa shape index (κ3) is 12.9. The van der Waals surface area contributed by atoms with Crippen LogP contribution in [0.15, 0.2) is 66.1 Å². The number of hydrogen-bond donors (Lipinski definition) is 1. The molecule has 1 N–H and O–H groups in total. The van der Waals surface area contributed by atoms with Crippen molar-refractivity contribution in [1.29, 1.82) is 0 Å². The van der Waals surface area contributed by atoms with Crippen molar-refractivity contribution in [2.24, 2.45) is 0 Å². The topological polar surface area (TPSA) is 147 Å². The van der Waals surface area contributed by atoms with E-state index in [2.05, 4.69) is 50.7 Å². The Morgan fingerprint density at radius 3 is 2.21 bits per heavy atom. The fourth-order valence-corrected chi connectivity index (χ4v) is 6.34. The number of benzene rings is 1. The van der Waals surface area contributed by atoms with Gasteiger partial charge in [-0.05, 0) is 56.1 Å². The molecule has 0 spiro atoms. The monoisotopic (exact) mass is 774 g/mol. The number of aromatic nitrogens is 5. The molecule has 0 saturated carbocycles. The Kier molecular flexibility index (Phi) is 17.8. The number of Topliss-reactive ketones (excluding diaryl/α,β-unsaturated/α-hetero) is 1. The van der Waals surface area contributed by atoms with Gasteiger partial charge in [0, 0.05) is 69.3 Å². The van der Waals surface area contributed by atoms with Crippen LogP contribution in [0.2, 0.25) is 0 Å². The number of ether oxygens (including phenoxy) is 5. The van der Waals surface area contributed by atoms with E-state index in [1.54, 1.807) is 30.0 Å². The summed E-state index contributed by atoms with van der Waals surface area (Å²) in [7, 11) is 1.55. The molecule has 304 valence electrons. The SMILES string of the molecule is C=CCn1c(=O)c2cnc(Nc3ccc(N4CCN(CCCCC(=O)CCOCCOCCOCCOCCCC)CC4)cc3)nc2n1-c1cccc(OC)n1. The molecule has 15 heteroatoms. The van der Waals surface area contributed by atoms with Gasteiger partial charge in [-0.1, -0.05) is 25.5 Å². The summed E-state index contributed by atoms with van der Waals surface area (Å²) in [5.41, 5.74) is 2.18. The van der Waals surface area contributed by atoms with Crippen LogP contribution in [0.3, 0.4) is 0 Å². The van der Waals surface area contributed by atoms with Gasteiger partial charge in [0.1, 0.15) is 11.2 Å². The molecule has 0 amide bonds. The van der Waals surface area contributed by atoms with Crippen molar-refractivity contribution >= 4 is 34.1 Å². The number of methoxy groups -OCH3 is 1. The van der Waals surface area contributed by atoms with Gasteiger partial charge in [-0.25, -0.2) is 14.3 Å². The van der Waals surface area contributed by atoms with E-state index in [4.69, 9.17) is 28.7 Å². The summed E-state index contributed by atoms with van der Waals surface area (Å²) in [6.07, 6.45) is 8.36. The minimum absolute atomic E-state index is 0.233. The highest BCUT2D eigenvalue weighted by Crippen LogP contribution is 2.23. The van der Waals surface area contributed by atoms with E-state index in [1.807, 2.05) is 18.2 Å². The Morgan fingerprint density at radius 2 is 1.54 bits per heavy atom. The van der Waals surface area contributed by atoms with Crippen molar-refractivity contribution in [2.45, 2.75) is 52.0 Å². The number of nitrogens with one attached hydrogen (secondary N) is 1. The number of piperazine rings is 1. The zero-order valence-corrected chi connectivity index (χ0v) is 33.0. The van der Waals surface area contributed by atoms with Crippen LogP contribution in [0, 0.1) is 0 Å². The lowest BCUT2D eigenvalue weighted by atomic mass is 10.1. The Hall–Kier alpha value is -4.67. The largest absolute Gasteiger partial charge is 0.481 e. The average molecular weight is 775 g/mol. The molecule has 56 heavy (non-hydrogen) atoms. The Morgan fingerprint density at radius 1 is 0.839 bits per heavy atom. The quantitative estimate of drug-likeness (QED) is 0.0639. The molecule has 1 aliphatic heterocycles. The summed E-state index contributed by atoms with van der Waals surface area (Å²) in [6.45, 7) is 15.5. The number of nitrogens with zero attached hydrogens (tertiary/aromatic N) is 7. The Balaban J connectivity index is 0.964. The molecule has 5 rings (SSSR count). The van der Waals surface area contributed by atoms with Crippen LogP contribution < -0.4 is 20.5 Å². The summed E-state index contributed by atoms with van der Waals surface area (Å²) in [5, 5.41) is 3.66. The molecule has 0 unspecified atom stereocenters. The zero-order valence-electron chi connectivity index (χ0n) is 33.0. The van der Waals surface area contributed by atoms with Crippen molar-refractivity contribution in [3.8, 4) is 11.7 Å². The molecule has 15 nitrogen and oxygen atoms in total. The lowest BCUT2D eigenvalue weighted by Gasteiger charge is -2.36. The first kappa shape index (κ1) is 42.5. The van der Waals surface area contributed by atoms with E-state index in [-0.39, 0.29) is 17.9 Å². The molecule has 4 heterocycles. The van der Waals surface area contributed by atoms with Crippen LogP contribution in [0.1, 0.15) is 45.4 Å². The summed E-state index contributed by atoms with van der Waals surface area (Å²) in [5.74, 6) is 1.53. The van der Waals surface area contributed by atoms with Crippen LogP contribution in [-0.4, -0.2) is 128 Å². The van der Waals surface area contributed by atoms with Crippen LogP contribution in [0.4, 0.5) is 17.3 Å². The van der Waals surface area contributed by atoms with Crippen molar-refractivity contribution in [2.75, 3.05) is 103 Å². The standard InChI is InChI=1S/C41H58N8O7/c1-4-6-24-53-26-28-55-30-31-56-29-27-54-25-17-35(50)10-7-8-19-46-20-22-47(23-21-46)34-15-13-33(14-16-34)43-41-42-32-36-39(45-41)49(48(18-5-2)40(36)51)37-11-9-12-38(44-37)52-3/h5,9,11-16,32H,2,4,6-8,10,17-31H2,1,3H3,(H,42,43,45). The average Bonchev–Trinajstić information content (AvgIpc) is 3.50. The number of rotatable bonds is 27. The maximum absolute atomic E-state index is 13.2. The molecular weight excluding hydrogens is 716 g/mol. The summed E-state index contributed by atoms with van der Waals surface area (Å²) < 4.78 is 30.5. The number of carbonyl (C=O) groups excluding carboxylic acids is 1. The number of anilines is 3. The number of unbranched alkanes of at least 4 members (excludes halogenated alkanes) is 2. The molecule has 0 atom stereocenters. The molecule has 0 radical (unpaired) electrons. The van der Waals surface area contributed by atoms with Gasteiger partial charge in [-0.15, -0.1) is 6.58 Å². The summed E-state index contributed by atoms with van der Waals surface area (Å²) in [4.78, 5) is 44.1. The highest BCUT2D eigenvalue weighted by Gasteiger charge is 2.19. The Labute approximate surface area is 329 Å². The molecule has 4 aromatic rings. The van der Waals surface area contributed by atoms with E-state index in [0.717, 1.165) is 76.4 Å². The highest BCUT2D eigenvalue weighted by molar-refractivity contribution is 5.78. The highest BCUT2D eigenvalue weighted by atomic mass is 16.6. The number of allylic oxidation sites excluding steroid dienone is 1. The molecule has 1 fully saturated rings. The number of hydrogen-bond acceptors (Lipinski definition) is 13. The number of fused-ring (bicyclic) bond motifs is 1. The second kappa shape index (κ2) is 23.4. The van der Waals surface area contributed by atoms with Crippen LogP contribution in [0.5, 0.6) is 5.88 Å².